The topological polar surface area (TPSA) is 73.5 Å². The molecule has 0 aliphatic heterocycles. The largest absolute Gasteiger partial charge is 0.480 e. The highest BCUT2D eigenvalue weighted by atomic mass is 16.5. The molecule has 1 N–H and O–H groups in total. The zero-order valence-electron chi connectivity index (χ0n) is 22.6. The van der Waals surface area contributed by atoms with E-state index in [4.69, 9.17) is 4.74 Å². The number of aliphatic carboxylic acids is 1. The average Bonchev–Trinajstić information content (AvgIpc) is 3.20. The van der Waals surface area contributed by atoms with Crippen molar-refractivity contribution >= 4 is 5.97 Å². The number of imidazole rings is 1. The molecular weight excluding hydrogens is 476 g/mol. The second-order valence-electron chi connectivity index (χ2n) is 10.7. The zero-order valence-corrected chi connectivity index (χ0v) is 22.6. The lowest BCUT2D eigenvalue weighted by molar-refractivity contribution is -0.141. The van der Waals surface area contributed by atoms with Crippen LogP contribution in [0.1, 0.15) is 64.1 Å². The minimum absolute atomic E-state index is 0.0491. The first-order valence-corrected chi connectivity index (χ1v) is 13.1. The van der Waals surface area contributed by atoms with Gasteiger partial charge in [0, 0.05) is 11.8 Å². The highest BCUT2D eigenvalue weighted by molar-refractivity contribution is 5.74. The molecule has 0 fully saturated rings. The Labute approximate surface area is 224 Å². The van der Waals surface area contributed by atoms with Crippen molar-refractivity contribution in [3.05, 3.63) is 107 Å². The van der Waals surface area contributed by atoms with Crippen molar-refractivity contribution in [1.29, 1.82) is 0 Å². The van der Waals surface area contributed by atoms with Gasteiger partial charge in [-0.05, 0) is 47.2 Å². The number of unbranched alkanes of at least 4 members (excludes halogenated alkanes) is 1. The van der Waals surface area contributed by atoms with Gasteiger partial charge < -0.3 is 9.84 Å². The van der Waals surface area contributed by atoms with E-state index in [1.807, 2.05) is 73.7 Å². The predicted molar refractivity (Wildman–Crippen MR) is 151 cm³/mol. The molecule has 0 bridgehead atoms. The van der Waals surface area contributed by atoms with Gasteiger partial charge >= 0.3 is 11.7 Å². The number of carboxylic acids is 1. The quantitative estimate of drug-likeness (QED) is 0.242. The van der Waals surface area contributed by atoms with Crippen molar-refractivity contribution in [3.8, 4) is 22.8 Å². The number of carboxylic acid groups (broad SMARTS) is 1. The Balaban J connectivity index is 1.73. The number of benzene rings is 3. The second kappa shape index (κ2) is 11.5. The first-order valence-electron chi connectivity index (χ1n) is 13.1. The molecule has 1 aromatic heterocycles. The van der Waals surface area contributed by atoms with Crippen LogP contribution >= 0.6 is 0 Å². The van der Waals surface area contributed by atoms with E-state index >= 15 is 0 Å². The molecule has 6 nitrogen and oxygen atoms in total. The van der Waals surface area contributed by atoms with Gasteiger partial charge in [0.2, 0.25) is 0 Å². The lowest BCUT2D eigenvalue weighted by Crippen LogP contribution is -2.32. The Morgan fingerprint density at radius 2 is 1.66 bits per heavy atom. The van der Waals surface area contributed by atoms with Crippen molar-refractivity contribution < 1.29 is 14.6 Å². The summed E-state index contributed by atoms with van der Waals surface area (Å²) >= 11 is 0. The van der Waals surface area contributed by atoms with E-state index in [0.717, 1.165) is 17.5 Å². The lowest BCUT2D eigenvalue weighted by atomic mass is 9.87. The number of aromatic nitrogens is 2. The molecule has 4 rings (SSSR count). The molecule has 0 spiro atoms. The molecule has 0 amide bonds. The van der Waals surface area contributed by atoms with Gasteiger partial charge in [0.05, 0.1) is 12.2 Å². The van der Waals surface area contributed by atoms with Crippen LogP contribution in [0.25, 0.3) is 11.3 Å². The fourth-order valence-electron chi connectivity index (χ4n) is 4.55. The summed E-state index contributed by atoms with van der Waals surface area (Å²) in [6.07, 6.45) is 3.69. The lowest BCUT2D eigenvalue weighted by Gasteiger charge is -2.19. The molecule has 0 radical (unpaired) electrons. The summed E-state index contributed by atoms with van der Waals surface area (Å²) in [7, 11) is 0. The van der Waals surface area contributed by atoms with Gasteiger partial charge in [-0.25, -0.2) is 9.59 Å². The molecule has 3 aromatic carbocycles. The number of nitrogens with zero attached hydrogens (tertiary/aromatic N) is 2. The summed E-state index contributed by atoms with van der Waals surface area (Å²) in [5.74, 6) is 0.312. The van der Waals surface area contributed by atoms with Crippen LogP contribution in [0.5, 0.6) is 11.5 Å². The third-order valence-corrected chi connectivity index (χ3v) is 6.70. The maximum Gasteiger partial charge on any atom is 0.329 e. The summed E-state index contributed by atoms with van der Waals surface area (Å²) in [5.41, 5.74) is 3.18. The maximum atomic E-state index is 13.6. The van der Waals surface area contributed by atoms with Crippen molar-refractivity contribution in [3.63, 3.8) is 0 Å². The summed E-state index contributed by atoms with van der Waals surface area (Å²) in [6, 6.07) is 24.2. The Morgan fingerprint density at radius 1 is 0.947 bits per heavy atom. The monoisotopic (exact) mass is 512 g/mol. The SMILES string of the molecule is CCCC[C@H](C(=O)O)n1c(-c2cccc(Oc3ccc(C(C)(C)C)cc3)c2)cn(Cc2ccccc2)c1=O. The van der Waals surface area contributed by atoms with E-state index in [0.29, 0.717) is 36.6 Å². The molecule has 6 heteroatoms. The van der Waals surface area contributed by atoms with Gasteiger partial charge in [-0.1, -0.05) is 95.1 Å². The van der Waals surface area contributed by atoms with Crippen molar-refractivity contribution in [2.24, 2.45) is 0 Å². The Kier molecular flexibility index (Phi) is 8.20. The van der Waals surface area contributed by atoms with Crippen LogP contribution in [-0.4, -0.2) is 20.2 Å². The molecule has 0 aliphatic rings. The van der Waals surface area contributed by atoms with Gasteiger partial charge in [-0.2, -0.15) is 0 Å². The summed E-state index contributed by atoms with van der Waals surface area (Å²) in [4.78, 5) is 25.9. The van der Waals surface area contributed by atoms with Crippen LogP contribution in [0, 0.1) is 0 Å². The molecule has 0 aliphatic carbocycles. The van der Waals surface area contributed by atoms with Crippen molar-refractivity contribution in [2.75, 3.05) is 0 Å². The molecule has 0 saturated carbocycles. The third-order valence-electron chi connectivity index (χ3n) is 6.70. The Hall–Kier alpha value is -4.06. The van der Waals surface area contributed by atoms with Crippen LogP contribution in [0.4, 0.5) is 0 Å². The van der Waals surface area contributed by atoms with Crippen molar-refractivity contribution in [1.82, 2.24) is 9.13 Å². The van der Waals surface area contributed by atoms with E-state index in [-0.39, 0.29) is 11.1 Å². The molecular formula is C32H36N2O4. The number of hydrogen-bond acceptors (Lipinski definition) is 3. The molecule has 0 saturated heterocycles. The standard InChI is InChI=1S/C32H36N2O4/c1-5-6-15-28(30(35)36)34-29(22-33(31(34)37)21-23-11-8-7-9-12-23)24-13-10-14-27(20-24)38-26-18-16-25(17-19-26)32(2,3)4/h7-14,16-20,22,28H,5-6,15,21H2,1-4H3,(H,35,36)/t28-/m1/s1. The minimum atomic E-state index is -1.01. The minimum Gasteiger partial charge on any atom is -0.480 e. The van der Waals surface area contributed by atoms with Crippen LogP contribution < -0.4 is 10.4 Å². The van der Waals surface area contributed by atoms with Gasteiger partial charge in [-0.3, -0.25) is 9.13 Å². The Bertz CT molecular complexity index is 1430. The molecule has 4 aromatic rings. The summed E-state index contributed by atoms with van der Waals surface area (Å²) in [5, 5.41) is 10.1. The van der Waals surface area contributed by atoms with Crippen LogP contribution in [0.3, 0.4) is 0 Å². The van der Waals surface area contributed by atoms with E-state index in [1.54, 1.807) is 10.8 Å². The highest BCUT2D eigenvalue weighted by Gasteiger charge is 2.26. The first kappa shape index (κ1) is 27.0. The van der Waals surface area contributed by atoms with Gasteiger partial charge in [0.25, 0.3) is 0 Å². The average molecular weight is 513 g/mol. The maximum absolute atomic E-state index is 13.6. The normalized spacial score (nSPS) is 12.3. The van der Waals surface area contributed by atoms with Crippen LogP contribution in [0.2, 0.25) is 0 Å². The smallest absolute Gasteiger partial charge is 0.329 e. The van der Waals surface area contributed by atoms with Gasteiger partial charge in [0.15, 0.2) is 0 Å². The number of rotatable bonds is 10. The molecule has 0 unspecified atom stereocenters. The molecule has 38 heavy (non-hydrogen) atoms. The predicted octanol–water partition coefficient (Wildman–Crippen LogP) is 7.27. The Morgan fingerprint density at radius 3 is 2.29 bits per heavy atom. The third kappa shape index (κ3) is 6.25. The summed E-state index contributed by atoms with van der Waals surface area (Å²) in [6.45, 7) is 8.87. The number of ether oxygens (including phenoxy) is 1. The van der Waals surface area contributed by atoms with Crippen LogP contribution in [0.15, 0.2) is 89.9 Å². The van der Waals surface area contributed by atoms with E-state index < -0.39 is 12.0 Å². The van der Waals surface area contributed by atoms with Crippen LogP contribution in [-0.2, 0) is 16.8 Å². The van der Waals surface area contributed by atoms with E-state index in [2.05, 4.69) is 32.9 Å². The van der Waals surface area contributed by atoms with Gasteiger partial charge in [0.1, 0.15) is 17.5 Å². The van der Waals surface area contributed by atoms with Gasteiger partial charge in [-0.15, -0.1) is 0 Å². The van der Waals surface area contributed by atoms with E-state index in [1.165, 1.54) is 10.1 Å². The number of carbonyl (C=O) groups is 1. The molecule has 1 heterocycles. The molecule has 1 atom stereocenters. The highest BCUT2D eigenvalue weighted by Crippen LogP contribution is 2.31. The zero-order chi connectivity index (χ0) is 27.3. The summed E-state index contributed by atoms with van der Waals surface area (Å²) < 4.78 is 9.16. The first-order chi connectivity index (χ1) is 18.2. The molecule has 198 valence electrons. The van der Waals surface area contributed by atoms with Crippen molar-refractivity contribution in [2.45, 2.75) is 65.0 Å². The second-order valence-corrected chi connectivity index (χ2v) is 10.7. The fourth-order valence-corrected chi connectivity index (χ4v) is 4.55. The fraction of sp³-hybridized carbons (Fsp3) is 0.312. The van der Waals surface area contributed by atoms with E-state index in [9.17, 15) is 14.7 Å². The number of hydrogen-bond donors (Lipinski definition) is 1.